The lowest BCUT2D eigenvalue weighted by Gasteiger charge is -2.45. The van der Waals surface area contributed by atoms with Gasteiger partial charge in [-0.3, -0.25) is 4.79 Å². The van der Waals surface area contributed by atoms with E-state index in [1.165, 1.54) is 6.33 Å². The molecule has 0 atom stereocenters. The fraction of sp³-hybridized carbons (Fsp3) is 0.333. The number of aromatic nitrogens is 4. The minimum atomic E-state index is -0.665. The quantitative estimate of drug-likeness (QED) is 0.714. The van der Waals surface area contributed by atoms with Gasteiger partial charge in [0.05, 0.1) is 5.69 Å². The molecule has 0 bridgehead atoms. The van der Waals surface area contributed by atoms with Crippen LogP contribution in [0.4, 0.5) is 5.82 Å². The van der Waals surface area contributed by atoms with Crippen molar-refractivity contribution in [2.75, 3.05) is 25.0 Å². The summed E-state index contributed by atoms with van der Waals surface area (Å²) in [7, 11) is 1.84. The Bertz CT molecular complexity index is 933. The summed E-state index contributed by atoms with van der Waals surface area (Å²) >= 11 is 0. The van der Waals surface area contributed by atoms with Gasteiger partial charge >= 0.3 is 0 Å². The number of hydrogen-bond donors (Lipinski definition) is 0. The van der Waals surface area contributed by atoms with Crippen LogP contribution in [0, 0.1) is 0 Å². The third-order valence-electron chi connectivity index (χ3n) is 4.78. The van der Waals surface area contributed by atoms with Gasteiger partial charge in [0, 0.05) is 31.8 Å². The van der Waals surface area contributed by atoms with Crippen molar-refractivity contribution in [1.82, 2.24) is 24.5 Å². The predicted octanol–water partition coefficient (Wildman–Crippen LogP) is 1.85. The molecule has 3 heterocycles. The van der Waals surface area contributed by atoms with E-state index in [2.05, 4.69) is 20.0 Å². The van der Waals surface area contributed by atoms with Crippen LogP contribution in [0.3, 0.4) is 0 Å². The molecule has 1 aliphatic heterocycles. The molecule has 0 radical (unpaired) electrons. The molecule has 2 aromatic heterocycles. The molecule has 0 saturated carbocycles. The van der Waals surface area contributed by atoms with Gasteiger partial charge in [-0.1, -0.05) is 30.3 Å². The van der Waals surface area contributed by atoms with Crippen LogP contribution in [0.15, 0.2) is 42.7 Å². The Kier molecular flexibility index (Phi) is 3.45. The van der Waals surface area contributed by atoms with Crippen LogP contribution in [-0.4, -0.2) is 56.1 Å². The zero-order valence-corrected chi connectivity index (χ0v) is 14.5. The summed E-state index contributed by atoms with van der Waals surface area (Å²) in [5.41, 5.74) is 1.16. The van der Waals surface area contributed by atoms with Crippen LogP contribution >= 0.6 is 0 Å². The number of rotatable bonds is 2. The van der Waals surface area contributed by atoms with E-state index in [0.717, 1.165) is 23.6 Å². The van der Waals surface area contributed by atoms with Gasteiger partial charge in [-0.2, -0.15) is 14.6 Å². The lowest BCUT2D eigenvalue weighted by molar-refractivity contribution is -0.136. The van der Waals surface area contributed by atoms with Gasteiger partial charge in [0.2, 0.25) is 5.91 Å². The van der Waals surface area contributed by atoms with Crippen molar-refractivity contribution in [3.63, 3.8) is 0 Å². The Morgan fingerprint density at radius 3 is 2.64 bits per heavy atom. The largest absolute Gasteiger partial charge is 0.342 e. The van der Waals surface area contributed by atoms with Crippen molar-refractivity contribution in [2.45, 2.75) is 19.4 Å². The number of fused-ring (bicyclic) bond motifs is 1. The van der Waals surface area contributed by atoms with Crippen LogP contribution in [0.1, 0.15) is 13.8 Å². The maximum atomic E-state index is 12.7. The number of hydrogen-bond acceptors (Lipinski definition) is 5. The highest BCUT2D eigenvalue weighted by molar-refractivity contribution is 5.90. The first-order chi connectivity index (χ1) is 12.0. The van der Waals surface area contributed by atoms with E-state index in [-0.39, 0.29) is 5.91 Å². The highest BCUT2D eigenvalue weighted by Gasteiger charge is 2.41. The summed E-state index contributed by atoms with van der Waals surface area (Å²) in [5.74, 6) is 1.44. The monoisotopic (exact) mass is 336 g/mol. The molecule has 7 heteroatoms. The Morgan fingerprint density at radius 2 is 1.88 bits per heavy atom. The van der Waals surface area contributed by atoms with Gasteiger partial charge in [0.25, 0.3) is 5.78 Å². The second kappa shape index (κ2) is 5.54. The zero-order valence-electron chi connectivity index (χ0n) is 14.5. The Balaban J connectivity index is 1.89. The summed E-state index contributed by atoms with van der Waals surface area (Å²) in [4.78, 5) is 25.4. The molecule has 1 amide bonds. The number of amides is 1. The molecular formula is C18H20N6O. The summed E-state index contributed by atoms with van der Waals surface area (Å²) < 4.78 is 1.70. The topological polar surface area (TPSA) is 66.6 Å². The van der Waals surface area contributed by atoms with Gasteiger partial charge in [0.15, 0.2) is 0 Å². The van der Waals surface area contributed by atoms with E-state index in [9.17, 15) is 4.79 Å². The summed E-state index contributed by atoms with van der Waals surface area (Å²) in [6.07, 6.45) is 1.49. The van der Waals surface area contributed by atoms with Gasteiger partial charge in [-0.05, 0) is 13.8 Å². The lowest BCUT2D eigenvalue weighted by Crippen LogP contribution is -2.62. The summed E-state index contributed by atoms with van der Waals surface area (Å²) in [6, 6.07) is 11.9. The van der Waals surface area contributed by atoms with Gasteiger partial charge < -0.3 is 9.80 Å². The number of nitrogens with zero attached hydrogens (tertiary/aromatic N) is 6. The SMILES string of the molecule is CN1CCN(c2cc(-c3ccccc3)nc3ncnn23)C(C)(C)C1=O. The number of carbonyl (C=O) groups is 1. The number of anilines is 1. The van der Waals surface area contributed by atoms with Crippen molar-refractivity contribution in [3.8, 4) is 11.3 Å². The van der Waals surface area contributed by atoms with E-state index in [4.69, 9.17) is 0 Å². The maximum absolute atomic E-state index is 12.7. The van der Waals surface area contributed by atoms with E-state index in [1.807, 2.05) is 57.3 Å². The molecule has 1 aliphatic rings. The minimum absolute atomic E-state index is 0.0880. The molecular weight excluding hydrogens is 316 g/mol. The van der Waals surface area contributed by atoms with E-state index in [1.54, 1.807) is 9.42 Å². The summed E-state index contributed by atoms with van der Waals surface area (Å²) in [5, 5.41) is 4.31. The van der Waals surface area contributed by atoms with Crippen LogP contribution in [-0.2, 0) is 4.79 Å². The molecule has 0 aliphatic carbocycles. The van der Waals surface area contributed by atoms with Gasteiger partial charge in [-0.15, -0.1) is 0 Å². The minimum Gasteiger partial charge on any atom is -0.342 e. The van der Waals surface area contributed by atoms with E-state index >= 15 is 0 Å². The molecule has 3 aromatic rings. The Morgan fingerprint density at radius 1 is 1.12 bits per heavy atom. The van der Waals surface area contributed by atoms with Crippen molar-refractivity contribution in [2.24, 2.45) is 0 Å². The highest BCUT2D eigenvalue weighted by atomic mass is 16.2. The summed E-state index contributed by atoms with van der Waals surface area (Å²) in [6.45, 7) is 5.27. The molecule has 4 rings (SSSR count). The number of likely N-dealkylation sites (N-methyl/N-ethyl adjacent to an activating group) is 1. The number of benzene rings is 1. The second-order valence-corrected chi connectivity index (χ2v) is 6.77. The molecule has 0 unspecified atom stereocenters. The average Bonchev–Trinajstić information content (AvgIpc) is 3.09. The van der Waals surface area contributed by atoms with Crippen molar-refractivity contribution in [1.29, 1.82) is 0 Å². The molecule has 1 saturated heterocycles. The Hall–Kier alpha value is -2.96. The Labute approximate surface area is 145 Å². The number of piperazine rings is 1. The third kappa shape index (κ3) is 2.43. The average molecular weight is 336 g/mol. The normalized spacial score (nSPS) is 17.3. The second-order valence-electron chi connectivity index (χ2n) is 6.77. The molecule has 7 nitrogen and oxygen atoms in total. The van der Waals surface area contributed by atoms with Crippen LogP contribution < -0.4 is 4.90 Å². The van der Waals surface area contributed by atoms with Crippen molar-refractivity contribution < 1.29 is 4.79 Å². The van der Waals surface area contributed by atoms with E-state index in [0.29, 0.717) is 12.3 Å². The maximum Gasteiger partial charge on any atom is 0.254 e. The predicted molar refractivity (Wildman–Crippen MR) is 95.3 cm³/mol. The fourth-order valence-corrected chi connectivity index (χ4v) is 3.36. The fourth-order valence-electron chi connectivity index (χ4n) is 3.36. The molecule has 1 aromatic carbocycles. The first kappa shape index (κ1) is 15.6. The number of carbonyl (C=O) groups excluding carboxylic acids is 1. The third-order valence-corrected chi connectivity index (χ3v) is 4.78. The van der Waals surface area contributed by atoms with Crippen LogP contribution in [0.25, 0.3) is 17.0 Å². The standard InChI is InChI=1S/C18H20N6O/c1-18(2)16(25)22(3)9-10-23(18)15-11-14(13-7-5-4-6-8-13)21-17-19-12-20-24(15)17/h4-8,11-12H,9-10H2,1-3H3. The molecule has 0 N–H and O–H groups in total. The zero-order chi connectivity index (χ0) is 17.6. The van der Waals surface area contributed by atoms with Crippen LogP contribution in [0.2, 0.25) is 0 Å². The van der Waals surface area contributed by atoms with Crippen molar-refractivity contribution in [3.05, 3.63) is 42.7 Å². The molecule has 0 spiro atoms. The highest BCUT2D eigenvalue weighted by Crippen LogP contribution is 2.31. The van der Waals surface area contributed by atoms with Gasteiger partial charge in [0.1, 0.15) is 17.7 Å². The van der Waals surface area contributed by atoms with Crippen LogP contribution in [0.5, 0.6) is 0 Å². The molecule has 25 heavy (non-hydrogen) atoms. The molecule has 128 valence electrons. The van der Waals surface area contributed by atoms with E-state index < -0.39 is 5.54 Å². The molecule has 1 fully saturated rings. The lowest BCUT2D eigenvalue weighted by atomic mass is 9.97. The van der Waals surface area contributed by atoms with Gasteiger partial charge in [-0.25, -0.2) is 4.98 Å². The smallest absolute Gasteiger partial charge is 0.254 e. The first-order valence-corrected chi connectivity index (χ1v) is 8.28. The first-order valence-electron chi connectivity index (χ1n) is 8.28. The van der Waals surface area contributed by atoms with Crippen molar-refractivity contribution >= 4 is 17.5 Å².